The van der Waals surface area contributed by atoms with E-state index >= 15 is 0 Å². The summed E-state index contributed by atoms with van der Waals surface area (Å²) in [6.07, 6.45) is 2.15. The summed E-state index contributed by atoms with van der Waals surface area (Å²) in [5.41, 5.74) is 3.81. The molecule has 1 aliphatic rings. The fraction of sp³-hybridized carbons (Fsp3) is 0.588. The second kappa shape index (κ2) is 7.81. The predicted molar refractivity (Wildman–Crippen MR) is 91.5 cm³/mol. The first-order valence-electron chi connectivity index (χ1n) is 7.63. The quantitative estimate of drug-likeness (QED) is 0.925. The monoisotopic (exact) mass is 310 g/mol. The van der Waals surface area contributed by atoms with Gasteiger partial charge in [-0.2, -0.15) is 0 Å². The Balaban J connectivity index is 0.00000220. The van der Waals surface area contributed by atoms with Crippen LogP contribution in [0, 0.1) is 5.92 Å². The average Bonchev–Trinajstić information content (AvgIpc) is 2.45. The third-order valence-electron chi connectivity index (χ3n) is 4.09. The van der Waals surface area contributed by atoms with Crippen molar-refractivity contribution in [2.45, 2.75) is 39.5 Å². The van der Waals surface area contributed by atoms with Crippen LogP contribution in [0.25, 0.3) is 0 Å². The van der Waals surface area contributed by atoms with E-state index in [1.54, 1.807) is 0 Å². The van der Waals surface area contributed by atoms with E-state index < -0.39 is 0 Å². The molecule has 0 spiro atoms. The maximum absolute atomic E-state index is 12.6. The molecule has 1 aromatic rings. The van der Waals surface area contributed by atoms with Gasteiger partial charge in [0.2, 0.25) is 5.91 Å². The van der Waals surface area contributed by atoms with Gasteiger partial charge in [-0.15, -0.1) is 12.4 Å². The number of nitrogens with one attached hydrogen (secondary N) is 1. The van der Waals surface area contributed by atoms with Crippen molar-refractivity contribution in [3.63, 3.8) is 0 Å². The second-order valence-corrected chi connectivity index (χ2v) is 6.10. The minimum Gasteiger partial charge on any atom is -0.319 e. The molecule has 1 aliphatic heterocycles. The zero-order chi connectivity index (χ0) is 14.7. The fourth-order valence-electron chi connectivity index (χ4n) is 2.86. The number of nitrogens with zero attached hydrogens (tertiary/aromatic N) is 1. The maximum Gasteiger partial charge on any atom is 0.231 e. The summed E-state index contributed by atoms with van der Waals surface area (Å²) in [5.74, 6) is 0.794. The number of rotatable bonds is 4. The Morgan fingerprint density at radius 1 is 1.33 bits per heavy atom. The lowest BCUT2D eigenvalue weighted by atomic mass is 9.94. The number of amides is 1. The number of carbonyl (C=O) groups excluding carboxylic acids is 1. The van der Waals surface area contributed by atoms with Crippen molar-refractivity contribution < 1.29 is 4.79 Å². The molecule has 1 heterocycles. The lowest BCUT2D eigenvalue weighted by molar-refractivity contribution is -0.121. The van der Waals surface area contributed by atoms with Crippen molar-refractivity contribution in [2.24, 2.45) is 5.92 Å². The van der Waals surface area contributed by atoms with E-state index in [0.29, 0.717) is 5.92 Å². The SMILES string of the molecule is CNCC(C)C(=O)N1CCCc2cc(C(C)C)ccc21.Cl. The lowest BCUT2D eigenvalue weighted by Crippen LogP contribution is -2.41. The van der Waals surface area contributed by atoms with E-state index in [1.165, 1.54) is 11.1 Å². The highest BCUT2D eigenvalue weighted by Crippen LogP contribution is 2.31. The van der Waals surface area contributed by atoms with Crippen LogP contribution in [0.4, 0.5) is 5.69 Å². The minimum absolute atomic E-state index is 0. The summed E-state index contributed by atoms with van der Waals surface area (Å²) in [7, 11) is 1.89. The summed E-state index contributed by atoms with van der Waals surface area (Å²) in [6, 6.07) is 6.58. The van der Waals surface area contributed by atoms with Crippen LogP contribution >= 0.6 is 12.4 Å². The Hall–Kier alpha value is -1.06. The van der Waals surface area contributed by atoms with Crippen molar-refractivity contribution >= 4 is 24.0 Å². The minimum atomic E-state index is 0. The van der Waals surface area contributed by atoms with Crippen molar-refractivity contribution in [1.29, 1.82) is 0 Å². The van der Waals surface area contributed by atoms with Gasteiger partial charge in [0.15, 0.2) is 0 Å². The fourth-order valence-corrected chi connectivity index (χ4v) is 2.86. The Morgan fingerprint density at radius 2 is 2.05 bits per heavy atom. The molecule has 118 valence electrons. The van der Waals surface area contributed by atoms with Gasteiger partial charge in [-0.25, -0.2) is 0 Å². The average molecular weight is 311 g/mol. The summed E-state index contributed by atoms with van der Waals surface area (Å²) in [5, 5.41) is 3.09. The molecule has 1 atom stereocenters. The number of benzene rings is 1. The molecule has 0 fully saturated rings. The van der Waals surface area contributed by atoms with Gasteiger partial charge in [-0.3, -0.25) is 4.79 Å². The van der Waals surface area contributed by atoms with Gasteiger partial charge in [0, 0.05) is 24.7 Å². The highest BCUT2D eigenvalue weighted by atomic mass is 35.5. The van der Waals surface area contributed by atoms with Crippen LogP contribution in [-0.4, -0.2) is 26.0 Å². The Morgan fingerprint density at radius 3 is 2.67 bits per heavy atom. The maximum atomic E-state index is 12.6. The highest BCUT2D eigenvalue weighted by Gasteiger charge is 2.26. The van der Waals surface area contributed by atoms with Gasteiger partial charge in [-0.1, -0.05) is 32.9 Å². The van der Waals surface area contributed by atoms with Crippen LogP contribution in [0.2, 0.25) is 0 Å². The topological polar surface area (TPSA) is 32.3 Å². The van der Waals surface area contributed by atoms with Crippen LogP contribution in [0.3, 0.4) is 0 Å². The second-order valence-electron chi connectivity index (χ2n) is 6.10. The van der Waals surface area contributed by atoms with E-state index in [1.807, 2.05) is 18.9 Å². The molecule has 0 aliphatic carbocycles. The van der Waals surface area contributed by atoms with Crippen LogP contribution < -0.4 is 10.2 Å². The summed E-state index contributed by atoms with van der Waals surface area (Å²) < 4.78 is 0. The predicted octanol–water partition coefficient (Wildman–Crippen LogP) is 3.37. The van der Waals surface area contributed by atoms with Crippen molar-refractivity contribution in [2.75, 3.05) is 25.0 Å². The first-order chi connectivity index (χ1) is 9.54. The van der Waals surface area contributed by atoms with Crippen LogP contribution in [0.1, 0.15) is 44.2 Å². The van der Waals surface area contributed by atoms with Crippen LogP contribution in [0.5, 0.6) is 0 Å². The molecule has 1 amide bonds. The third kappa shape index (κ3) is 3.98. The van der Waals surface area contributed by atoms with Crippen molar-refractivity contribution in [3.8, 4) is 0 Å². The van der Waals surface area contributed by atoms with Gasteiger partial charge in [0.1, 0.15) is 0 Å². The largest absolute Gasteiger partial charge is 0.319 e. The van der Waals surface area contributed by atoms with E-state index in [2.05, 4.69) is 37.4 Å². The number of aryl methyl sites for hydroxylation is 1. The molecule has 0 radical (unpaired) electrons. The van der Waals surface area contributed by atoms with Crippen molar-refractivity contribution in [1.82, 2.24) is 5.32 Å². The molecule has 3 nitrogen and oxygen atoms in total. The smallest absolute Gasteiger partial charge is 0.231 e. The molecule has 2 rings (SSSR count). The molecule has 1 N–H and O–H groups in total. The van der Waals surface area contributed by atoms with E-state index in [0.717, 1.165) is 31.6 Å². The molecular weight excluding hydrogens is 284 g/mol. The van der Waals surface area contributed by atoms with E-state index in [9.17, 15) is 4.79 Å². The summed E-state index contributed by atoms with van der Waals surface area (Å²) in [6.45, 7) is 8.00. The number of anilines is 1. The van der Waals surface area contributed by atoms with E-state index in [4.69, 9.17) is 0 Å². The Labute approximate surface area is 134 Å². The summed E-state index contributed by atoms with van der Waals surface area (Å²) >= 11 is 0. The normalized spacial score (nSPS) is 15.4. The molecule has 4 heteroatoms. The highest BCUT2D eigenvalue weighted by molar-refractivity contribution is 5.96. The number of halogens is 1. The first-order valence-corrected chi connectivity index (χ1v) is 7.63. The molecule has 0 saturated carbocycles. The van der Waals surface area contributed by atoms with Crippen LogP contribution in [-0.2, 0) is 11.2 Å². The molecule has 21 heavy (non-hydrogen) atoms. The van der Waals surface area contributed by atoms with Gasteiger partial charge < -0.3 is 10.2 Å². The first kappa shape index (κ1) is 18.0. The van der Waals surface area contributed by atoms with Crippen LogP contribution in [0.15, 0.2) is 18.2 Å². The zero-order valence-corrected chi connectivity index (χ0v) is 14.3. The van der Waals surface area contributed by atoms with E-state index in [-0.39, 0.29) is 24.2 Å². The Kier molecular flexibility index (Phi) is 6.69. The molecule has 1 unspecified atom stereocenters. The number of hydrogen-bond acceptors (Lipinski definition) is 2. The van der Waals surface area contributed by atoms with Crippen molar-refractivity contribution in [3.05, 3.63) is 29.3 Å². The molecule has 0 saturated heterocycles. The standard InChI is InChI=1S/C17H26N2O.ClH/c1-12(2)14-7-8-16-15(10-14)6-5-9-19(16)17(20)13(3)11-18-4;/h7-8,10,12-13,18H,5-6,9,11H2,1-4H3;1H. The lowest BCUT2D eigenvalue weighted by Gasteiger charge is -2.32. The van der Waals surface area contributed by atoms with Gasteiger partial charge in [-0.05, 0) is 43.0 Å². The molecular formula is C17H27ClN2O. The third-order valence-corrected chi connectivity index (χ3v) is 4.09. The molecule has 0 aromatic heterocycles. The van der Waals surface area contributed by atoms with Gasteiger partial charge in [0.05, 0.1) is 0 Å². The molecule has 1 aromatic carbocycles. The molecule has 0 bridgehead atoms. The zero-order valence-electron chi connectivity index (χ0n) is 13.5. The van der Waals surface area contributed by atoms with Gasteiger partial charge in [0.25, 0.3) is 0 Å². The number of fused-ring (bicyclic) bond motifs is 1. The van der Waals surface area contributed by atoms with Gasteiger partial charge >= 0.3 is 0 Å². The Bertz CT molecular complexity index is 488. The number of hydrogen-bond donors (Lipinski definition) is 1. The summed E-state index contributed by atoms with van der Waals surface area (Å²) in [4.78, 5) is 14.5. The number of carbonyl (C=O) groups is 1.